The summed E-state index contributed by atoms with van der Waals surface area (Å²) in [6, 6.07) is 9.99. The van der Waals surface area contributed by atoms with E-state index in [4.69, 9.17) is 0 Å². The summed E-state index contributed by atoms with van der Waals surface area (Å²) < 4.78 is 0. The Balaban J connectivity index is 1.81. The Bertz CT molecular complexity index is 595. The van der Waals surface area contributed by atoms with Crippen LogP contribution in [-0.2, 0) is 0 Å². The Morgan fingerprint density at radius 1 is 1.05 bits per heavy atom. The molecular formula is C17H20N2O. The SMILES string of the molecule is O=C(NC1CCCCCC1)c1cccc2cccnc12. The van der Waals surface area contributed by atoms with Crippen LogP contribution in [0.15, 0.2) is 36.5 Å². The number of rotatable bonds is 2. The van der Waals surface area contributed by atoms with Gasteiger partial charge in [0, 0.05) is 17.6 Å². The number of amides is 1. The molecule has 0 aliphatic heterocycles. The van der Waals surface area contributed by atoms with Crippen molar-refractivity contribution in [1.29, 1.82) is 0 Å². The summed E-state index contributed by atoms with van der Waals surface area (Å²) in [4.78, 5) is 16.8. The van der Waals surface area contributed by atoms with E-state index in [0.717, 1.165) is 23.7 Å². The smallest absolute Gasteiger partial charge is 0.253 e. The summed E-state index contributed by atoms with van der Waals surface area (Å²) in [5, 5.41) is 4.20. The zero-order chi connectivity index (χ0) is 13.8. The molecule has 0 spiro atoms. The van der Waals surface area contributed by atoms with Gasteiger partial charge in [0.05, 0.1) is 11.1 Å². The van der Waals surface area contributed by atoms with Crippen LogP contribution in [0.2, 0.25) is 0 Å². The molecule has 0 radical (unpaired) electrons. The van der Waals surface area contributed by atoms with Gasteiger partial charge < -0.3 is 5.32 Å². The van der Waals surface area contributed by atoms with Gasteiger partial charge in [-0.15, -0.1) is 0 Å². The van der Waals surface area contributed by atoms with Crippen LogP contribution in [0.3, 0.4) is 0 Å². The van der Waals surface area contributed by atoms with E-state index < -0.39 is 0 Å². The molecule has 1 aromatic carbocycles. The first kappa shape index (κ1) is 13.1. The molecule has 1 aliphatic rings. The number of benzene rings is 1. The molecule has 0 bridgehead atoms. The number of para-hydroxylation sites is 1. The highest BCUT2D eigenvalue weighted by atomic mass is 16.1. The van der Waals surface area contributed by atoms with Gasteiger partial charge in [-0.05, 0) is 25.0 Å². The first-order valence-corrected chi connectivity index (χ1v) is 7.49. The highest BCUT2D eigenvalue weighted by Crippen LogP contribution is 2.19. The molecule has 1 fully saturated rings. The Kier molecular flexibility index (Phi) is 3.95. The number of hydrogen-bond acceptors (Lipinski definition) is 2. The highest BCUT2D eigenvalue weighted by Gasteiger charge is 2.17. The lowest BCUT2D eigenvalue weighted by Gasteiger charge is -2.16. The predicted molar refractivity (Wildman–Crippen MR) is 80.7 cm³/mol. The molecule has 3 heteroatoms. The molecule has 1 N–H and O–H groups in total. The van der Waals surface area contributed by atoms with E-state index in [-0.39, 0.29) is 5.91 Å². The molecule has 0 unspecified atom stereocenters. The lowest BCUT2D eigenvalue weighted by atomic mass is 10.1. The van der Waals surface area contributed by atoms with Gasteiger partial charge in [-0.3, -0.25) is 9.78 Å². The molecule has 1 aromatic heterocycles. The van der Waals surface area contributed by atoms with Crippen LogP contribution in [0.4, 0.5) is 0 Å². The molecule has 3 nitrogen and oxygen atoms in total. The largest absolute Gasteiger partial charge is 0.349 e. The van der Waals surface area contributed by atoms with Crippen molar-refractivity contribution in [3.05, 3.63) is 42.1 Å². The fourth-order valence-corrected chi connectivity index (χ4v) is 2.97. The minimum absolute atomic E-state index is 0.0150. The Labute approximate surface area is 119 Å². The van der Waals surface area contributed by atoms with Gasteiger partial charge in [-0.1, -0.05) is 43.9 Å². The Hall–Kier alpha value is -1.90. The van der Waals surface area contributed by atoms with E-state index in [2.05, 4.69) is 10.3 Å². The third-order valence-electron chi connectivity index (χ3n) is 4.07. The van der Waals surface area contributed by atoms with E-state index in [1.54, 1.807) is 6.20 Å². The maximum absolute atomic E-state index is 12.5. The molecule has 20 heavy (non-hydrogen) atoms. The van der Waals surface area contributed by atoms with Gasteiger partial charge in [0.1, 0.15) is 0 Å². The van der Waals surface area contributed by atoms with Gasteiger partial charge in [-0.25, -0.2) is 0 Å². The number of carbonyl (C=O) groups is 1. The van der Waals surface area contributed by atoms with Crippen molar-refractivity contribution >= 4 is 16.8 Å². The van der Waals surface area contributed by atoms with Gasteiger partial charge >= 0.3 is 0 Å². The second kappa shape index (κ2) is 6.04. The van der Waals surface area contributed by atoms with E-state index in [1.807, 2.05) is 30.3 Å². The Morgan fingerprint density at radius 3 is 2.60 bits per heavy atom. The zero-order valence-electron chi connectivity index (χ0n) is 11.6. The van der Waals surface area contributed by atoms with Crippen LogP contribution < -0.4 is 5.32 Å². The maximum Gasteiger partial charge on any atom is 0.253 e. The number of nitrogens with zero attached hydrogens (tertiary/aromatic N) is 1. The second-order valence-corrected chi connectivity index (χ2v) is 5.54. The van der Waals surface area contributed by atoms with E-state index in [0.29, 0.717) is 11.6 Å². The van der Waals surface area contributed by atoms with E-state index in [9.17, 15) is 4.79 Å². The summed E-state index contributed by atoms with van der Waals surface area (Å²) in [6.07, 6.45) is 8.97. The molecule has 1 heterocycles. The van der Waals surface area contributed by atoms with Crippen molar-refractivity contribution in [2.75, 3.05) is 0 Å². The number of pyridine rings is 1. The summed E-state index contributed by atoms with van der Waals surface area (Å²) in [5.41, 5.74) is 1.48. The van der Waals surface area contributed by atoms with Crippen LogP contribution >= 0.6 is 0 Å². The lowest BCUT2D eigenvalue weighted by molar-refractivity contribution is 0.0935. The fraction of sp³-hybridized carbons (Fsp3) is 0.412. The van der Waals surface area contributed by atoms with Gasteiger partial charge in [-0.2, -0.15) is 0 Å². The molecule has 2 aromatic rings. The van der Waals surface area contributed by atoms with Gasteiger partial charge in [0.25, 0.3) is 5.91 Å². The monoisotopic (exact) mass is 268 g/mol. The molecule has 0 atom stereocenters. The quantitative estimate of drug-likeness (QED) is 0.844. The third-order valence-corrected chi connectivity index (χ3v) is 4.07. The normalized spacial score (nSPS) is 16.8. The minimum atomic E-state index is 0.0150. The van der Waals surface area contributed by atoms with Crippen molar-refractivity contribution in [3.8, 4) is 0 Å². The van der Waals surface area contributed by atoms with Gasteiger partial charge in [0.15, 0.2) is 0 Å². The van der Waals surface area contributed by atoms with Crippen molar-refractivity contribution in [3.63, 3.8) is 0 Å². The molecule has 1 aliphatic carbocycles. The number of nitrogens with one attached hydrogen (secondary N) is 1. The van der Waals surface area contributed by atoms with Crippen LogP contribution in [0, 0.1) is 0 Å². The predicted octanol–water partition coefficient (Wildman–Crippen LogP) is 3.69. The topological polar surface area (TPSA) is 42.0 Å². The molecule has 1 amide bonds. The van der Waals surface area contributed by atoms with Crippen LogP contribution in [0.25, 0.3) is 10.9 Å². The van der Waals surface area contributed by atoms with E-state index in [1.165, 1.54) is 25.7 Å². The van der Waals surface area contributed by atoms with E-state index >= 15 is 0 Å². The Morgan fingerprint density at radius 2 is 1.80 bits per heavy atom. The standard InChI is InChI=1S/C17H20N2O/c20-17(19-14-9-3-1-2-4-10-14)15-11-5-7-13-8-6-12-18-16(13)15/h5-8,11-12,14H,1-4,9-10H2,(H,19,20). The van der Waals surface area contributed by atoms with Crippen molar-refractivity contribution in [2.45, 2.75) is 44.6 Å². The first-order valence-electron chi connectivity index (χ1n) is 7.49. The molecule has 1 saturated carbocycles. The van der Waals surface area contributed by atoms with Crippen LogP contribution in [0.5, 0.6) is 0 Å². The summed E-state index contributed by atoms with van der Waals surface area (Å²) in [6.45, 7) is 0. The summed E-state index contributed by atoms with van der Waals surface area (Å²) in [7, 11) is 0. The molecule has 3 rings (SSSR count). The maximum atomic E-state index is 12.5. The summed E-state index contributed by atoms with van der Waals surface area (Å²) in [5.74, 6) is 0.0150. The number of hydrogen-bond donors (Lipinski definition) is 1. The lowest BCUT2D eigenvalue weighted by Crippen LogP contribution is -2.34. The number of aromatic nitrogens is 1. The highest BCUT2D eigenvalue weighted by molar-refractivity contribution is 6.05. The second-order valence-electron chi connectivity index (χ2n) is 5.54. The summed E-state index contributed by atoms with van der Waals surface area (Å²) >= 11 is 0. The van der Waals surface area contributed by atoms with Crippen molar-refractivity contribution in [1.82, 2.24) is 10.3 Å². The molecule has 0 saturated heterocycles. The van der Waals surface area contributed by atoms with Crippen LogP contribution in [-0.4, -0.2) is 16.9 Å². The van der Waals surface area contributed by atoms with Crippen LogP contribution in [0.1, 0.15) is 48.9 Å². The fourth-order valence-electron chi connectivity index (χ4n) is 2.97. The first-order chi connectivity index (χ1) is 9.84. The van der Waals surface area contributed by atoms with Crippen molar-refractivity contribution in [2.24, 2.45) is 0 Å². The third kappa shape index (κ3) is 2.82. The number of fused-ring (bicyclic) bond motifs is 1. The average molecular weight is 268 g/mol. The van der Waals surface area contributed by atoms with Gasteiger partial charge in [0.2, 0.25) is 0 Å². The minimum Gasteiger partial charge on any atom is -0.349 e. The average Bonchev–Trinajstić information content (AvgIpc) is 2.75. The zero-order valence-corrected chi connectivity index (χ0v) is 11.6. The van der Waals surface area contributed by atoms with Crippen molar-refractivity contribution < 1.29 is 4.79 Å². The number of carbonyl (C=O) groups excluding carboxylic acids is 1. The molecule has 104 valence electrons. The molecular weight excluding hydrogens is 248 g/mol.